The van der Waals surface area contributed by atoms with Crippen LogP contribution in [-0.2, 0) is 19.0 Å². The van der Waals surface area contributed by atoms with E-state index in [1.807, 2.05) is 4.98 Å². The van der Waals surface area contributed by atoms with Gasteiger partial charge in [0, 0.05) is 12.3 Å². The summed E-state index contributed by atoms with van der Waals surface area (Å²) in [6.07, 6.45) is -2.49. The van der Waals surface area contributed by atoms with Crippen LogP contribution in [-0.4, -0.2) is 69.8 Å². The number of nitrogens with zero attached hydrogens (tertiary/aromatic N) is 1. The molecule has 0 bridgehead atoms. The average Bonchev–Trinajstić information content (AvgIpc) is 2.68. The molecule has 0 amide bonds. The molecule has 0 aliphatic rings. The summed E-state index contributed by atoms with van der Waals surface area (Å²) in [6.45, 7) is 4.60. The van der Waals surface area contributed by atoms with Crippen LogP contribution in [0.3, 0.4) is 0 Å². The Bertz CT molecular complexity index is 783. The molecule has 0 radical (unpaired) electrons. The van der Waals surface area contributed by atoms with Gasteiger partial charge in [0.05, 0.1) is 19.4 Å². The number of carbonyl (C=O) groups is 1. The number of aliphatic hydroxyl groups is 2. The quantitative estimate of drug-likeness (QED) is 0.180. The molecule has 1 heterocycles. The van der Waals surface area contributed by atoms with E-state index in [1.54, 1.807) is 20.8 Å². The monoisotopic (exact) mass is 435 g/mol. The summed E-state index contributed by atoms with van der Waals surface area (Å²) < 4.78 is 31.5. The topological polar surface area (TPSA) is 152 Å². The maximum absolute atomic E-state index is 15.4. The molecule has 12 heteroatoms. The molecule has 1 rings (SSSR count). The van der Waals surface area contributed by atoms with Gasteiger partial charge < -0.3 is 24.4 Å². The van der Waals surface area contributed by atoms with Gasteiger partial charge in [-0.3, -0.25) is 24.5 Å². The van der Waals surface area contributed by atoms with Crippen molar-refractivity contribution < 1.29 is 33.6 Å². The number of alkyl halides is 1. The third-order valence-electron chi connectivity index (χ3n) is 4.03. The smallest absolute Gasteiger partial charge is 0.330 e. The van der Waals surface area contributed by atoms with Crippen LogP contribution >= 0.6 is 0 Å². The van der Waals surface area contributed by atoms with E-state index in [0.717, 1.165) is 16.8 Å². The Kier molecular flexibility index (Phi) is 10.3. The van der Waals surface area contributed by atoms with E-state index in [2.05, 4.69) is 5.32 Å². The summed E-state index contributed by atoms with van der Waals surface area (Å²) in [6, 6.07) is 0.282. The molecule has 4 N–H and O–H groups in total. The molecular formula is C18H30FN3O8. The van der Waals surface area contributed by atoms with Crippen LogP contribution in [0.4, 0.5) is 4.39 Å². The standard InChI is InChI=1S/C18H30FN3O8/c1-5-13(24)18(19,9-28-10-20-12(4)16(26)29-11(2)3)30-15(8-23)22-7-6-14(25)21-17(22)27/h6-7,11-13,15,20,23-24H,5,8-10H2,1-4H3,(H,21,25,27)/t12-,13-,15+,18+/m0/s1. The zero-order chi connectivity index (χ0) is 22.9. The Balaban J connectivity index is 2.80. The molecule has 4 atom stereocenters. The Morgan fingerprint density at radius 1 is 1.37 bits per heavy atom. The van der Waals surface area contributed by atoms with Crippen LogP contribution in [0.1, 0.15) is 40.3 Å². The molecule has 0 fully saturated rings. The number of esters is 1. The fraction of sp³-hybridized carbons (Fsp3) is 0.722. The van der Waals surface area contributed by atoms with Crippen LogP contribution in [0, 0.1) is 0 Å². The molecule has 0 aliphatic carbocycles. The molecule has 30 heavy (non-hydrogen) atoms. The highest BCUT2D eigenvalue weighted by Gasteiger charge is 2.42. The van der Waals surface area contributed by atoms with Gasteiger partial charge in [-0.25, -0.2) is 9.18 Å². The highest BCUT2D eigenvalue weighted by Crippen LogP contribution is 2.26. The van der Waals surface area contributed by atoms with E-state index in [9.17, 15) is 24.6 Å². The summed E-state index contributed by atoms with van der Waals surface area (Å²) in [7, 11) is 0. The lowest BCUT2D eigenvalue weighted by atomic mass is 10.1. The number of hydrogen-bond donors (Lipinski definition) is 4. The molecule has 0 aliphatic heterocycles. The number of aliphatic hydroxyl groups excluding tert-OH is 2. The predicted molar refractivity (Wildman–Crippen MR) is 103 cm³/mol. The Hall–Kier alpha value is -2.12. The lowest BCUT2D eigenvalue weighted by Gasteiger charge is -2.33. The number of nitrogens with one attached hydrogen (secondary N) is 2. The summed E-state index contributed by atoms with van der Waals surface area (Å²) in [5.74, 6) is -3.30. The Morgan fingerprint density at radius 2 is 2.03 bits per heavy atom. The van der Waals surface area contributed by atoms with Gasteiger partial charge in [-0.05, 0) is 27.2 Å². The summed E-state index contributed by atoms with van der Waals surface area (Å²) in [5.41, 5.74) is -1.59. The summed E-state index contributed by atoms with van der Waals surface area (Å²) in [4.78, 5) is 36.8. The average molecular weight is 435 g/mol. The van der Waals surface area contributed by atoms with Gasteiger partial charge in [0.1, 0.15) is 18.8 Å². The number of halogens is 1. The summed E-state index contributed by atoms with van der Waals surface area (Å²) in [5, 5.41) is 22.3. The van der Waals surface area contributed by atoms with Crippen LogP contribution in [0.2, 0.25) is 0 Å². The minimum absolute atomic E-state index is 0.0525. The molecule has 1 aromatic heterocycles. The normalized spacial score (nSPS) is 16.7. The largest absolute Gasteiger partial charge is 0.462 e. The van der Waals surface area contributed by atoms with Crippen molar-refractivity contribution in [2.45, 2.75) is 64.4 Å². The first-order chi connectivity index (χ1) is 14.0. The van der Waals surface area contributed by atoms with Crippen molar-refractivity contribution in [2.75, 3.05) is 19.9 Å². The third-order valence-corrected chi connectivity index (χ3v) is 4.03. The maximum Gasteiger partial charge on any atom is 0.330 e. The number of carbonyl (C=O) groups excluding carboxylic acids is 1. The van der Waals surface area contributed by atoms with Crippen molar-refractivity contribution in [1.29, 1.82) is 0 Å². The zero-order valence-corrected chi connectivity index (χ0v) is 17.5. The van der Waals surface area contributed by atoms with Crippen molar-refractivity contribution in [3.63, 3.8) is 0 Å². The molecule has 0 aromatic carbocycles. The molecule has 1 aromatic rings. The van der Waals surface area contributed by atoms with Crippen molar-refractivity contribution in [1.82, 2.24) is 14.9 Å². The molecule has 172 valence electrons. The number of aromatic nitrogens is 2. The lowest BCUT2D eigenvalue weighted by Crippen LogP contribution is -2.49. The number of hydrogen-bond acceptors (Lipinski definition) is 9. The maximum atomic E-state index is 15.4. The second-order valence-electron chi connectivity index (χ2n) is 6.89. The first kappa shape index (κ1) is 25.9. The van der Waals surface area contributed by atoms with Crippen LogP contribution in [0.25, 0.3) is 0 Å². The Labute approximate surface area is 172 Å². The van der Waals surface area contributed by atoms with E-state index in [1.165, 1.54) is 6.92 Å². The molecule has 0 unspecified atom stereocenters. The fourth-order valence-corrected chi connectivity index (χ4v) is 2.37. The summed E-state index contributed by atoms with van der Waals surface area (Å²) >= 11 is 0. The second-order valence-corrected chi connectivity index (χ2v) is 6.89. The molecular weight excluding hydrogens is 405 g/mol. The van der Waals surface area contributed by atoms with E-state index in [-0.39, 0.29) is 19.3 Å². The zero-order valence-electron chi connectivity index (χ0n) is 17.5. The van der Waals surface area contributed by atoms with Gasteiger partial charge in [0.15, 0.2) is 6.23 Å². The van der Waals surface area contributed by atoms with Crippen LogP contribution in [0.15, 0.2) is 21.9 Å². The predicted octanol–water partition coefficient (Wildman–Crippen LogP) is -0.615. The van der Waals surface area contributed by atoms with Gasteiger partial charge in [0.25, 0.3) is 11.4 Å². The number of H-pyrrole nitrogens is 1. The van der Waals surface area contributed by atoms with Gasteiger partial charge in [-0.15, -0.1) is 0 Å². The lowest BCUT2D eigenvalue weighted by molar-refractivity contribution is -0.277. The number of ether oxygens (including phenoxy) is 3. The minimum atomic E-state index is -2.79. The van der Waals surface area contributed by atoms with Crippen LogP contribution < -0.4 is 16.6 Å². The first-order valence-electron chi connectivity index (χ1n) is 9.52. The third kappa shape index (κ3) is 7.61. The number of rotatable bonds is 13. The van der Waals surface area contributed by atoms with E-state index >= 15 is 4.39 Å². The van der Waals surface area contributed by atoms with Gasteiger partial charge in [0.2, 0.25) is 0 Å². The molecule has 0 spiro atoms. The first-order valence-corrected chi connectivity index (χ1v) is 9.52. The van der Waals surface area contributed by atoms with E-state index < -0.39 is 54.7 Å². The van der Waals surface area contributed by atoms with Gasteiger partial charge in [-0.2, -0.15) is 0 Å². The molecule has 0 saturated heterocycles. The van der Waals surface area contributed by atoms with Crippen molar-refractivity contribution in [2.24, 2.45) is 0 Å². The molecule has 0 saturated carbocycles. The van der Waals surface area contributed by atoms with Crippen molar-refractivity contribution in [3.8, 4) is 0 Å². The van der Waals surface area contributed by atoms with Crippen molar-refractivity contribution in [3.05, 3.63) is 33.1 Å². The minimum Gasteiger partial charge on any atom is -0.462 e. The highest BCUT2D eigenvalue weighted by molar-refractivity contribution is 5.75. The van der Waals surface area contributed by atoms with E-state index in [0.29, 0.717) is 0 Å². The van der Waals surface area contributed by atoms with Crippen molar-refractivity contribution >= 4 is 5.97 Å². The van der Waals surface area contributed by atoms with Gasteiger partial charge >= 0.3 is 11.7 Å². The Morgan fingerprint density at radius 3 is 2.57 bits per heavy atom. The SMILES string of the molecule is CC[C@H](O)[C@@](F)(COCN[C@@H](C)C(=O)OC(C)C)O[C@H](CO)n1ccc(=O)[nH]c1=O. The van der Waals surface area contributed by atoms with Crippen LogP contribution in [0.5, 0.6) is 0 Å². The highest BCUT2D eigenvalue weighted by atomic mass is 19.2. The fourth-order valence-electron chi connectivity index (χ4n) is 2.37. The molecule has 11 nitrogen and oxygen atoms in total. The number of aromatic amines is 1. The van der Waals surface area contributed by atoms with E-state index in [4.69, 9.17) is 14.2 Å². The van der Waals surface area contributed by atoms with Gasteiger partial charge in [-0.1, -0.05) is 6.92 Å². The second kappa shape index (κ2) is 11.9.